The van der Waals surface area contributed by atoms with E-state index in [4.69, 9.17) is 14.6 Å². The number of carboxylic acid groups (broad SMARTS) is 1. The number of hydrogen-bond acceptors (Lipinski definition) is 5. The topological polar surface area (TPSA) is 86.5 Å². The third-order valence-electron chi connectivity index (χ3n) is 2.78. The van der Waals surface area contributed by atoms with Gasteiger partial charge < -0.3 is 14.6 Å². The number of ether oxygens (including phenoxy) is 2. The van der Waals surface area contributed by atoms with Crippen molar-refractivity contribution in [2.24, 2.45) is 0 Å². The van der Waals surface area contributed by atoms with Gasteiger partial charge in [0.05, 0.1) is 6.61 Å². The first-order chi connectivity index (χ1) is 8.70. The molecule has 1 saturated heterocycles. The Balaban J connectivity index is 2.15. The van der Waals surface area contributed by atoms with Gasteiger partial charge in [-0.2, -0.15) is 5.10 Å². The summed E-state index contributed by atoms with van der Waals surface area (Å²) < 4.78 is 12.0. The fraction of sp³-hybridized carbons (Fsp3) is 0.727. The second kappa shape index (κ2) is 5.92. The van der Waals surface area contributed by atoms with Crippen LogP contribution in [0.3, 0.4) is 0 Å². The van der Waals surface area contributed by atoms with E-state index in [9.17, 15) is 4.79 Å². The normalized spacial score (nSPS) is 19.3. The second-order valence-corrected chi connectivity index (χ2v) is 4.14. The molecule has 0 amide bonds. The molecule has 18 heavy (non-hydrogen) atoms. The molecular formula is C11H17N3O4. The van der Waals surface area contributed by atoms with Gasteiger partial charge in [0.1, 0.15) is 13.2 Å². The molecule has 0 bridgehead atoms. The van der Waals surface area contributed by atoms with Gasteiger partial charge in [-0.3, -0.25) is 4.79 Å². The van der Waals surface area contributed by atoms with E-state index in [0.29, 0.717) is 31.5 Å². The molecule has 0 radical (unpaired) electrons. The van der Waals surface area contributed by atoms with Crippen molar-refractivity contribution in [1.82, 2.24) is 14.8 Å². The highest BCUT2D eigenvalue weighted by Crippen LogP contribution is 2.22. The highest BCUT2D eigenvalue weighted by Gasteiger charge is 2.24. The summed E-state index contributed by atoms with van der Waals surface area (Å²) >= 11 is 0. The van der Waals surface area contributed by atoms with Crippen molar-refractivity contribution in [1.29, 1.82) is 0 Å². The Morgan fingerprint density at radius 2 is 2.50 bits per heavy atom. The Kier molecular flexibility index (Phi) is 4.27. The van der Waals surface area contributed by atoms with Gasteiger partial charge in [0.25, 0.3) is 0 Å². The van der Waals surface area contributed by atoms with Gasteiger partial charge in [-0.1, -0.05) is 0 Å². The Bertz CT molecular complexity index is 412. The molecule has 2 heterocycles. The van der Waals surface area contributed by atoms with Crippen LogP contribution in [0.5, 0.6) is 0 Å². The minimum atomic E-state index is -0.938. The maximum Gasteiger partial charge on any atom is 0.325 e. The van der Waals surface area contributed by atoms with Crippen LogP contribution in [0.1, 0.15) is 30.9 Å². The van der Waals surface area contributed by atoms with Crippen LogP contribution >= 0.6 is 0 Å². The maximum absolute atomic E-state index is 10.8. The van der Waals surface area contributed by atoms with Crippen molar-refractivity contribution < 1.29 is 19.4 Å². The summed E-state index contributed by atoms with van der Waals surface area (Å²) in [5, 5.41) is 13.1. The fourth-order valence-corrected chi connectivity index (χ4v) is 1.86. The zero-order chi connectivity index (χ0) is 13.0. The average Bonchev–Trinajstić information content (AvgIpc) is 2.94. The molecular weight excluding hydrogens is 238 g/mol. The van der Waals surface area contributed by atoms with Crippen molar-refractivity contribution in [2.45, 2.75) is 32.4 Å². The van der Waals surface area contributed by atoms with E-state index in [2.05, 4.69) is 10.1 Å². The first kappa shape index (κ1) is 13.0. The van der Waals surface area contributed by atoms with Crippen molar-refractivity contribution in [3.63, 3.8) is 0 Å². The van der Waals surface area contributed by atoms with Crippen LogP contribution in [0.25, 0.3) is 0 Å². The molecule has 0 saturated carbocycles. The monoisotopic (exact) mass is 255 g/mol. The zero-order valence-corrected chi connectivity index (χ0v) is 10.3. The maximum atomic E-state index is 10.8. The Morgan fingerprint density at radius 1 is 1.67 bits per heavy atom. The van der Waals surface area contributed by atoms with Crippen LogP contribution in [-0.4, -0.2) is 45.7 Å². The third-order valence-corrected chi connectivity index (χ3v) is 2.78. The van der Waals surface area contributed by atoms with E-state index < -0.39 is 5.97 Å². The number of carboxylic acids is 1. The van der Waals surface area contributed by atoms with Crippen molar-refractivity contribution in [3.05, 3.63) is 11.6 Å². The number of rotatable bonds is 6. The summed E-state index contributed by atoms with van der Waals surface area (Å²) in [6.07, 6.45) is 0.880. The van der Waals surface area contributed by atoms with Crippen LogP contribution in [0.2, 0.25) is 0 Å². The lowest BCUT2D eigenvalue weighted by molar-refractivity contribution is -0.138. The minimum Gasteiger partial charge on any atom is -0.480 e. The Hall–Kier alpha value is -1.47. The summed E-state index contributed by atoms with van der Waals surface area (Å²) in [6, 6.07) is 0. The lowest BCUT2D eigenvalue weighted by Crippen LogP contribution is -2.14. The minimum absolute atomic E-state index is 0.167. The molecule has 1 aliphatic heterocycles. The largest absolute Gasteiger partial charge is 0.480 e. The van der Waals surface area contributed by atoms with E-state index in [1.807, 2.05) is 6.92 Å². The summed E-state index contributed by atoms with van der Waals surface area (Å²) in [6.45, 7) is 3.84. The van der Waals surface area contributed by atoms with E-state index >= 15 is 0 Å². The summed E-state index contributed by atoms with van der Waals surface area (Å²) in [5.41, 5.74) is 0. The Labute approximate surface area is 105 Å². The summed E-state index contributed by atoms with van der Waals surface area (Å²) in [7, 11) is 0. The SMILES string of the molecule is CCOCc1nc([C@@H]2CCOC2)nn1CC(=O)O. The van der Waals surface area contributed by atoms with Crippen LogP contribution in [0.4, 0.5) is 0 Å². The molecule has 1 aliphatic rings. The van der Waals surface area contributed by atoms with Crippen LogP contribution in [0.15, 0.2) is 0 Å². The molecule has 1 N–H and O–H groups in total. The fourth-order valence-electron chi connectivity index (χ4n) is 1.86. The molecule has 100 valence electrons. The smallest absolute Gasteiger partial charge is 0.325 e. The van der Waals surface area contributed by atoms with Gasteiger partial charge in [0.2, 0.25) is 0 Å². The molecule has 0 spiro atoms. The van der Waals surface area contributed by atoms with Crippen LogP contribution in [-0.2, 0) is 27.4 Å². The van der Waals surface area contributed by atoms with Crippen LogP contribution in [0, 0.1) is 0 Å². The number of aromatic nitrogens is 3. The lowest BCUT2D eigenvalue weighted by atomic mass is 10.1. The summed E-state index contributed by atoms with van der Waals surface area (Å²) in [4.78, 5) is 15.1. The third kappa shape index (κ3) is 3.05. The predicted octanol–water partition coefficient (Wildman–Crippen LogP) is 0.403. The van der Waals surface area contributed by atoms with Gasteiger partial charge in [0, 0.05) is 19.1 Å². The molecule has 1 fully saturated rings. The van der Waals surface area contributed by atoms with E-state index in [-0.39, 0.29) is 19.1 Å². The predicted molar refractivity (Wildman–Crippen MR) is 61.2 cm³/mol. The number of aliphatic carboxylic acids is 1. The van der Waals surface area contributed by atoms with Crippen LogP contribution < -0.4 is 0 Å². The molecule has 1 atom stereocenters. The molecule has 7 nitrogen and oxygen atoms in total. The van der Waals surface area contributed by atoms with Gasteiger partial charge in [-0.05, 0) is 13.3 Å². The quantitative estimate of drug-likeness (QED) is 0.792. The highest BCUT2D eigenvalue weighted by molar-refractivity contribution is 5.66. The number of nitrogens with zero attached hydrogens (tertiary/aromatic N) is 3. The zero-order valence-electron chi connectivity index (χ0n) is 10.3. The number of carbonyl (C=O) groups is 1. The first-order valence-electron chi connectivity index (χ1n) is 6.01. The first-order valence-corrected chi connectivity index (χ1v) is 6.01. The molecule has 0 unspecified atom stereocenters. The molecule has 0 aliphatic carbocycles. The van der Waals surface area contributed by atoms with Crippen molar-refractivity contribution in [2.75, 3.05) is 19.8 Å². The van der Waals surface area contributed by atoms with Gasteiger partial charge >= 0.3 is 5.97 Å². The summed E-state index contributed by atoms with van der Waals surface area (Å²) in [5.74, 6) is 0.442. The Morgan fingerprint density at radius 3 is 3.11 bits per heavy atom. The van der Waals surface area contributed by atoms with E-state index in [0.717, 1.165) is 6.42 Å². The van der Waals surface area contributed by atoms with Gasteiger partial charge in [-0.15, -0.1) is 0 Å². The standard InChI is InChI=1S/C11H17N3O4/c1-2-17-7-9-12-11(8-3-4-18-6-8)13-14(9)5-10(15)16/h8H,2-7H2,1H3,(H,15,16)/t8-/m1/s1. The lowest BCUT2D eigenvalue weighted by Gasteiger charge is -2.02. The molecule has 0 aromatic carbocycles. The molecule has 1 aromatic rings. The second-order valence-electron chi connectivity index (χ2n) is 4.14. The molecule has 1 aromatic heterocycles. The molecule has 7 heteroatoms. The molecule has 2 rings (SSSR count). The highest BCUT2D eigenvalue weighted by atomic mass is 16.5. The van der Waals surface area contributed by atoms with Crippen molar-refractivity contribution in [3.8, 4) is 0 Å². The van der Waals surface area contributed by atoms with Gasteiger partial charge in [0.15, 0.2) is 11.6 Å². The van der Waals surface area contributed by atoms with E-state index in [1.165, 1.54) is 4.68 Å². The average molecular weight is 255 g/mol. The van der Waals surface area contributed by atoms with Gasteiger partial charge in [-0.25, -0.2) is 9.67 Å². The number of hydrogen-bond donors (Lipinski definition) is 1. The van der Waals surface area contributed by atoms with E-state index in [1.54, 1.807) is 0 Å². The van der Waals surface area contributed by atoms with Crippen molar-refractivity contribution >= 4 is 5.97 Å².